The summed E-state index contributed by atoms with van der Waals surface area (Å²) in [6, 6.07) is 0.162. The van der Waals surface area contributed by atoms with Crippen molar-refractivity contribution in [2.45, 2.75) is 44.2 Å². The summed E-state index contributed by atoms with van der Waals surface area (Å²) in [5.41, 5.74) is 0. The van der Waals surface area contributed by atoms with Gasteiger partial charge in [0.05, 0.1) is 6.04 Å². The highest BCUT2D eigenvalue weighted by atomic mass is 35.5. The number of halogens is 1. The third-order valence-electron chi connectivity index (χ3n) is 4.09. The number of carbonyl (C=O) groups excluding carboxylic acids is 2. The fourth-order valence-electron chi connectivity index (χ4n) is 2.87. The van der Waals surface area contributed by atoms with Gasteiger partial charge in [-0.05, 0) is 32.2 Å². The molecule has 6 nitrogen and oxygen atoms in total. The minimum atomic E-state index is -0.0306. The number of ether oxygens (including phenoxy) is 1. The lowest BCUT2D eigenvalue weighted by atomic mass is 10.0. The molecule has 1 atom stereocenters. The number of nitrogens with one attached hydrogen (secondary N) is 2. The van der Waals surface area contributed by atoms with E-state index in [4.69, 9.17) is 4.74 Å². The molecule has 2 saturated heterocycles. The van der Waals surface area contributed by atoms with Crippen molar-refractivity contribution in [1.29, 1.82) is 0 Å². The molecule has 2 aliphatic heterocycles. The van der Waals surface area contributed by atoms with Gasteiger partial charge in [0.1, 0.15) is 6.61 Å². The number of nitrogens with zero attached hydrogens (tertiary/aromatic N) is 1. The summed E-state index contributed by atoms with van der Waals surface area (Å²) in [7, 11) is 1.53. The first-order valence-electron chi connectivity index (χ1n) is 7.51. The van der Waals surface area contributed by atoms with Crippen LogP contribution in [0.3, 0.4) is 0 Å². The number of hydrogen-bond acceptors (Lipinski definition) is 4. The van der Waals surface area contributed by atoms with E-state index >= 15 is 0 Å². The lowest BCUT2D eigenvalue weighted by molar-refractivity contribution is -0.136. The predicted octanol–water partition coefficient (Wildman–Crippen LogP) is 0.304. The number of likely N-dealkylation sites (tertiary alicyclic amines) is 1. The van der Waals surface area contributed by atoms with E-state index in [2.05, 4.69) is 10.6 Å². The van der Waals surface area contributed by atoms with E-state index in [1.165, 1.54) is 7.11 Å². The molecule has 0 aromatic rings. The van der Waals surface area contributed by atoms with Crippen LogP contribution in [0.15, 0.2) is 0 Å². The maximum atomic E-state index is 12.1. The molecule has 0 bridgehead atoms. The highest BCUT2D eigenvalue weighted by Crippen LogP contribution is 2.12. The summed E-state index contributed by atoms with van der Waals surface area (Å²) in [6.45, 7) is 2.47. The van der Waals surface area contributed by atoms with E-state index in [-0.39, 0.29) is 42.9 Å². The zero-order valence-corrected chi connectivity index (χ0v) is 13.4. The van der Waals surface area contributed by atoms with Crippen molar-refractivity contribution in [3.05, 3.63) is 0 Å². The Balaban J connectivity index is 0.00000220. The largest absolute Gasteiger partial charge is 0.375 e. The molecule has 2 rings (SSSR count). The zero-order valence-electron chi connectivity index (χ0n) is 12.6. The number of carbonyl (C=O) groups is 2. The SMILES string of the molecule is COCC(=O)N1CCC(NC(=O)[C@H]2CCCCN2)CC1.Cl. The molecule has 2 aliphatic rings. The highest BCUT2D eigenvalue weighted by molar-refractivity contribution is 5.85. The first-order valence-corrected chi connectivity index (χ1v) is 7.51. The van der Waals surface area contributed by atoms with Crippen LogP contribution in [0.5, 0.6) is 0 Å². The highest BCUT2D eigenvalue weighted by Gasteiger charge is 2.26. The first kappa shape index (κ1) is 18.2. The number of methoxy groups -OCH3 is 1. The van der Waals surface area contributed by atoms with Crippen LogP contribution >= 0.6 is 12.4 Å². The Hall–Kier alpha value is -0.850. The van der Waals surface area contributed by atoms with Gasteiger partial charge in [-0.25, -0.2) is 0 Å². The van der Waals surface area contributed by atoms with Crippen LogP contribution in [-0.4, -0.2) is 62.1 Å². The standard InChI is InChI=1S/C14H25N3O3.ClH/c1-20-10-13(18)17-8-5-11(6-9-17)16-14(19)12-4-2-3-7-15-12;/h11-12,15H,2-10H2,1H3,(H,16,19);1H/t12-;/m1./s1. The summed E-state index contributed by atoms with van der Waals surface area (Å²) in [5.74, 6) is 0.151. The van der Waals surface area contributed by atoms with E-state index in [1.807, 2.05) is 4.90 Å². The van der Waals surface area contributed by atoms with Gasteiger partial charge in [-0.15, -0.1) is 12.4 Å². The molecular weight excluding hydrogens is 294 g/mol. The summed E-state index contributed by atoms with van der Waals surface area (Å²) in [6.07, 6.45) is 4.86. The molecule has 0 aromatic heterocycles. The van der Waals surface area contributed by atoms with E-state index < -0.39 is 0 Å². The molecule has 2 N–H and O–H groups in total. The second-order valence-corrected chi connectivity index (χ2v) is 5.60. The lowest BCUT2D eigenvalue weighted by Crippen LogP contribution is -2.52. The maximum Gasteiger partial charge on any atom is 0.248 e. The van der Waals surface area contributed by atoms with Crippen LogP contribution in [0.1, 0.15) is 32.1 Å². The predicted molar refractivity (Wildman–Crippen MR) is 82.5 cm³/mol. The zero-order chi connectivity index (χ0) is 14.4. The Labute approximate surface area is 132 Å². The van der Waals surface area contributed by atoms with Crippen LogP contribution in [0.4, 0.5) is 0 Å². The van der Waals surface area contributed by atoms with Gasteiger partial charge < -0.3 is 20.3 Å². The van der Waals surface area contributed by atoms with Crippen molar-refractivity contribution in [3.8, 4) is 0 Å². The molecule has 0 unspecified atom stereocenters. The van der Waals surface area contributed by atoms with Gasteiger partial charge in [0.25, 0.3) is 0 Å². The van der Waals surface area contributed by atoms with Crippen molar-refractivity contribution in [2.75, 3.05) is 33.4 Å². The topological polar surface area (TPSA) is 70.7 Å². The van der Waals surface area contributed by atoms with Crippen molar-refractivity contribution in [3.63, 3.8) is 0 Å². The Morgan fingerprint density at radius 1 is 1.24 bits per heavy atom. The van der Waals surface area contributed by atoms with Crippen LogP contribution in [0.2, 0.25) is 0 Å². The second-order valence-electron chi connectivity index (χ2n) is 5.60. The minimum Gasteiger partial charge on any atom is -0.375 e. The number of rotatable bonds is 4. The molecule has 2 amide bonds. The van der Waals surface area contributed by atoms with Gasteiger partial charge in [0.2, 0.25) is 11.8 Å². The van der Waals surface area contributed by atoms with E-state index in [9.17, 15) is 9.59 Å². The minimum absolute atomic E-state index is 0. The molecular formula is C14H26ClN3O3. The second kappa shape index (κ2) is 9.23. The fourth-order valence-corrected chi connectivity index (χ4v) is 2.87. The average Bonchev–Trinajstić information content (AvgIpc) is 2.49. The molecule has 0 aliphatic carbocycles. The quantitative estimate of drug-likeness (QED) is 0.782. The Bertz CT molecular complexity index is 340. The normalized spacial score (nSPS) is 23.3. The summed E-state index contributed by atoms with van der Waals surface area (Å²) in [5, 5.41) is 6.37. The van der Waals surface area contributed by atoms with E-state index in [1.54, 1.807) is 0 Å². The molecule has 0 radical (unpaired) electrons. The van der Waals surface area contributed by atoms with Crippen LogP contribution in [0.25, 0.3) is 0 Å². The number of amides is 2. The molecule has 0 saturated carbocycles. The molecule has 0 aromatic carbocycles. The molecule has 2 heterocycles. The summed E-state index contributed by atoms with van der Waals surface area (Å²) in [4.78, 5) is 25.6. The smallest absolute Gasteiger partial charge is 0.248 e. The van der Waals surface area contributed by atoms with Crippen LogP contribution < -0.4 is 10.6 Å². The third kappa shape index (κ3) is 5.45. The molecule has 122 valence electrons. The van der Waals surface area contributed by atoms with Gasteiger partial charge >= 0.3 is 0 Å². The van der Waals surface area contributed by atoms with Gasteiger partial charge in [-0.2, -0.15) is 0 Å². The van der Waals surface area contributed by atoms with E-state index in [0.29, 0.717) is 13.1 Å². The van der Waals surface area contributed by atoms with Crippen LogP contribution in [0, 0.1) is 0 Å². The van der Waals surface area contributed by atoms with Crippen molar-refractivity contribution in [1.82, 2.24) is 15.5 Å². The molecule has 2 fully saturated rings. The lowest BCUT2D eigenvalue weighted by Gasteiger charge is -2.33. The van der Waals surface area contributed by atoms with Crippen molar-refractivity contribution in [2.24, 2.45) is 0 Å². The fraction of sp³-hybridized carbons (Fsp3) is 0.857. The number of hydrogen-bond donors (Lipinski definition) is 2. The van der Waals surface area contributed by atoms with E-state index in [0.717, 1.165) is 38.6 Å². The van der Waals surface area contributed by atoms with Gasteiger partial charge in [0, 0.05) is 26.2 Å². The first-order chi connectivity index (χ1) is 9.70. The monoisotopic (exact) mass is 319 g/mol. The Morgan fingerprint density at radius 3 is 2.52 bits per heavy atom. The van der Waals surface area contributed by atoms with Gasteiger partial charge in [-0.1, -0.05) is 6.42 Å². The molecule has 0 spiro atoms. The van der Waals surface area contributed by atoms with Crippen molar-refractivity contribution >= 4 is 24.2 Å². The average molecular weight is 320 g/mol. The molecule has 7 heteroatoms. The van der Waals surface area contributed by atoms with Crippen molar-refractivity contribution < 1.29 is 14.3 Å². The Morgan fingerprint density at radius 2 is 1.95 bits per heavy atom. The summed E-state index contributed by atoms with van der Waals surface area (Å²) < 4.78 is 4.86. The number of piperidine rings is 2. The Kier molecular flexibility index (Phi) is 8.00. The molecule has 21 heavy (non-hydrogen) atoms. The third-order valence-corrected chi connectivity index (χ3v) is 4.09. The van der Waals surface area contributed by atoms with Gasteiger partial charge in [-0.3, -0.25) is 9.59 Å². The van der Waals surface area contributed by atoms with Crippen LogP contribution in [-0.2, 0) is 14.3 Å². The maximum absolute atomic E-state index is 12.1. The van der Waals surface area contributed by atoms with Gasteiger partial charge in [0.15, 0.2) is 0 Å². The summed E-state index contributed by atoms with van der Waals surface area (Å²) >= 11 is 0.